The number of hydrogen-bond donors (Lipinski definition) is 0. The van der Waals surface area contributed by atoms with E-state index in [2.05, 4.69) is 6.92 Å². The van der Waals surface area contributed by atoms with E-state index >= 15 is 0 Å². The Morgan fingerprint density at radius 3 is 2.63 bits per heavy atom. The molecule has 4 nitrogen and oxygen atoms in total. The Balaban J connectivity index is 1.76. The number of carbonyl (C=O) groups excluding carboxylic acids is 2. The van der Waals surface area contributed by atoms with Crippen molar-refractivity contribution in [3.8, 4) is 5.75 Å². The van der Waals surface area contributed by atoms with Crippen molar-refractivity contribution < 1.29 is 14.3 Å². The van der Waals surface area contributed by atoms with E-state index in [0.717, 1.165) is 53.1 Å². The van der Waals surface area contributed by atoms with E-state index < -0.39 is 5.92 Å². The van der Waals surface area contributed by atoms with Crippen molar-refractivity contribution in [3.63, 3.8) is 0 Å². The van der Waals surface area contributed by atoms with Gasteiger partial charge in [0.05, 0.1) is 12.8 Å². The summed E-state index contributed by atoms with van der Waals surface area (Å²) in [7, 11) is 1.65. The average molecular weight is 359 g/mol. The van der Waals surface area contributed by atoms with Crippen molar-refractivity contribution in [2.24, 2.45) is 0 Å². The quantitative estimate of drug-likeness (QED) is 0.758. The van der Waals surface area contributed by atoms with Crippen molar-refractivity contribution in [2.75, 3.05) is 12.0 Å². The first-order valence-electron chi connectivity index (χ1n) is 9.41. The number of fused-ring (bicyclic) bond motifs is 3. The van der Waals surface area contributed by atoms with Crippen molar-refractivity contribution in [2.45, 2.75) is 37.5 Å². The number of allylic oxidation sites excluding steroid dienone is 2. The fourth-order valence-electron chi connectivity index (χ4n) is 5.06. The molecule has 0 spiro atoms. The summed E-state index contributed by atoms with van der Waals surface area (Å²) in [6.45, 7) is 2.16. The lowest BCUT2D eigenvalue weighted by Crippen LogP contribution is -2.46. The number of Topliss-reactive ketones (excluding diaryl/α,β-unsaturated/α-hetero) is 1. The maximum absolute atomic E-state index is 13.5. The number of methoxy groups -OCH3 is 1. The Morgan fingerprint density at radius 1 is 1.11 bits per heavy atom. The molecule has 5 rings (SSSR count). The molecule has 4 heteroatoms. The first-order chi connectivity index (χ1) is 13.1. The lowest BCUT2D eigenvalue weighted by Gasteiger charge is -2.40. The molecule has 0 fully saturated rings. The molecule has 3 aliphatic rings. The van der Waals surface area contributed by atoms with Gasteiger partial charge in [0.2, 0.25) is 5.91 Å². The van der Waals surface area contributed by atoms with Crippen LogP contribution < -0.4 is 9.64 Å². The van der Waals surface area contributed by atoms with Gasteiger partial charge in [-0.3, -0.25) is 14.5 Å². The van der Waals surface area contributed by atoms with Gasteiger partial charge in [0.25, 0.3) is 0 Å². The third-order valence-corrected chi connectivity index (χ3v) is 6.33. The van der Waals surface area contributed by atoms with Gasteiger partial charge in [0.15, 0.2) is 5.78 Å². The maximum atomic E-state index is 13.5. The van der Waals surface area contributed by atoms with Crippen LogP contribution in [0, 0.1) is 0 Å². The molecule has 2 aliphatic heterocycles. The van der Waals surface area contributed by atoms with E-state index in [1.54, 1.807) is 7.11 Å². The molecule has 1 amide bonds. The first-order valence-corrected chi connectivity index (χ1v) is 9.41. The van der Waals surface area contributed by atoms with Crippen molar-refractivity contribution in [1.82, 2.24) is 0 Å². The lowest BCUT2D eigenvalue weighted by molar-refractivity contribution is -0.128. The second-order valence-corrected chi connectivity index (χ2v) is 7.78. The molecular weight excluding hydrogens is 338 g/mol. The van der Waals surface area contributed by atoms with Gasteiger partial charge in [-0.05, 0) is 55.5 Å². The van der Waals surface area contributed by atoms with Gasteiger partial charge in [-0.1, -0.05) is 30.3 Å². The van der Waals surface area contributed by atoms with Gasteiger partial charge in [0, 0.05) is 16.7 Å². The standard InChI is InChI=1S/C23H21NO3/c1-23-12-6-9-16-20(25)19(14-7-4-3-5-8-14)22(26)24(21(16)23)18-11-10-15(27-2)13-17(18)23/h3-5,7-8,10-11,13,19H,6,9,12H2,1-2H3. The zero-order chi connectivity index (χ0) is 18.8. The fourth-order valence-corrected chi connectivity index (χ4v) is 5.06. The Bertz CT molecular complexity index is 1010. The number of anilines is 1. The van der Waals surface area contributed by atoms with Gasteiger partial charge in [0.1, 0.15) is 11.7 Å². The fraction of sp³-hybridized carbons (Fsp3) is 0.304. The van der Waals surface area contributed by atoms with Crippen LogP contribution in [0.4, 0.5) is 5.69 Å². The monoisotopic (exact) mass is 359 g/mol. The Kier molecular flexibility index (Phi) is 3.36. The Hall–Kier alpha value is -2.88. The van der Waals surface area contributed by atoms with Gasteiger partial charge in [-0.25, -0.2) is 0 Å². The molecule has 0 radical (unpaired) electrons. The van der Waals surface area contributed by atoms with Gasteiger partial charge in [-0.15, -0.1) is 0 Å². The molecule has 2 aromatic carbocycles. The van der Waals surface area contributed by atoms with Gasteiger partial charge in [-0.2, -0.15) is 0 Å². The van der Waals surface area contributed by atoms with Crippen LogP contribution in [0.2, 0.25) is 0 Å². The highest BCUT2D eigenvalue weighted by atomic mass is 16.5. The van der Waals surface area contributed by atoms with Crippen LogP contribution in [0.15, 0.2) is 59.8 Å². The molecule has 0 aromatic heterocycles. The number of hydrogen-bond acceptors (Lipinski definition) is 3. The van der Waals surface area contributed by atoms with Crippen LogP contribution in [-0.2, 0) is 15.0 Å². The third-order valence-electron chi connectivity index (χ3n) is 6.33. The summed E-state index contributed by atoms with van der Waals surface area (Å²) in [5.74, 6) is -0.133. The van der Waals surface area contributed by atoms with E-state index in [-0.39, 0.29) is 17.1 Å². The van der Waals surface area contributed by atoms with Crippen LogP contribution >= 0.6 is 0 Å². The normalized spacial score (nSPS) is 26.1. The lowest BCUT2D eigenvalue weighted by atomic mass is 9.69. The van der Waals surface area contributed by atoms with Crippen molar-refractivity contribution >= 4 is 17.4 Å². The second kappa shape index (κ2) is 5.56. The topological polar surface area (TPSA) is 46.6 Å². The van der Waals surface area contributed by atoms with Crippen LogP contribution in [-0.4, -0.2) is 18.8 Å². The minimum Gasteiger partial charge on any atom is -0.497 e. The summed E-state index contributed by atoms with van der Waals surface area (Å²) in [6, 6.07) is 15.3. The minimum atomic E-state index is -0.750. The van der Waals surface area contributed by atoms with Gasteiger partial charge >= 0.3 is 0 Å². The smallest absolute Gasteiger partial charge is 0.246 e. The van der Waals surface area contributed by atoms with Crippen molar-refractivity contribution in [1.29, 1.82) is 0 Å². The highest BCUT2D eigenvalue weighted by Gasteiger charge is 2.55. The molecule has 0 saturated carbocycles. The molecule has 2 heterocycles. The Morgan fingerprint density at radius 2 is 1.89 bits per heavy atom. The molecule has 2 atom stereocenters. The number of carbonyl (C=O) groups is 2. The number of rotatable bonds is 2. The molecule has 2 unspecified atom stereocenters. The van der Waals surface area contributed by atoms with Crippen LogP contribution in [0.3, 0.4) is 0 Å². The van der Waals surface area contributed by atoms with Gasteiger partial charge < -0.3 is 4.74 Å². The summed E-state index contributed by atoms with van der Waals surface area (Å²) in [5.41, 5.74) is 4.17. The zero-order valence-electron chi connectivity index (χ0n) is 15.5. The molecule has 0 saturated heterocycles. The maximum Gasteiger partial charge on any atom is 0.246 e. The van der Waals surface area contributed by atoms with Crippen LogP contribution in [0.1, 0.15) is 43.2 Å². The number of amides is 1. The summed E-state index contributed by atoms with van der Waals surface area (Å²) in [5, 5.41) is 0. The third kappa shape index (κ3) is 2.04. The summed E-state index contributed by atoms with van der Waals surface area (Å²) in [6.07, 6.45) is 2.61. The van der Waals surface area contributed by atoms with E-state index in [4.69, 9.17) is 4.74 Å². The molecular formula is C23H21NO3. The summed E-state index contributed by atoms with van der Waals surface area (Å²) >= 11 is 0. The van der Waals surface area contributed by atoms with Crippen LogP contribution in [0.5, 0.6) is 5.75 Å². The predicted octanol–water partition coefficient (Wildman–Crippen LogP) is 4.10. The first kappa shape index (κ1) is 16.3. The molecule has 136 valence electrons. The number of benzene rings is 2. The molecule has 27 heavy (non-hydrogen) atoms. The van der Waals surface area contributed by atoms with E-state index in [1.807, 2.05) is 53.4 Å². The predicted molar refractivity (Wildman–Crippen MR) is 103 cm³/mol. The van der Waals surface area contributed by atoms with E-state index in [0.29, 0.717) is 0 Å². The summed E-state index contributed by atoms with van der Waals surface area (Å²) < 4.78 is 5.43. The van der Waals surface area contributed by atoms with E-state index in [1.165, 1.54) is 0 Å². The SMILES string of the molecule is COc1ccc2c(c1)C1(C)CCCC3=C1N2C(=O)C(c1ccccc1)C3=O. The number of ketones is 1. The summed E-state index contributed by atoms with van der Waals surface area (Å²) in [4.78, 5) is 28.7. The van der Waals surface area contributed by atoms with Crippen molar-refractivity contribution in [3.05, 3.63) is 70.9 Å². The zero-order valence-corrected chi connectivity index (χ0v) is 15.5. The highest BCUT2D eigenvalue weighted by Crippen LogP contribution is 2.58. The molecule has 0 N–H and O–H groups in total. The molecule has 1 aliphatic carbocycles. The highest BCUT2D eigenvalue weighted by molar-refractivity contribution is 6.24. The number of ether oxygens (including phenoxy) is 1. The van der Waals surface area contributed by atoms with E-state index in [9.17, 15) is 9.59 Å². The second-order valence-electron chi connectivity index (χ2n) is 7.78. The largest absolute Gasteiger partial charge is 0.497 e. The molecule has 2 aromatic rings. The minimum absolute atomic E-state index is 0.0249. The van der Waals surface area contributed by atoms with Crippen LogP contribution in [0.25, 0.3) is 0 Å². The number of nitrogens with zero attached hydrogens (tertiary/aromatic N) is 1. The Labute approximate surface area is 158 Å². The average Bonchev–Trinajstić information content (AvgIpc) is 2.96. The molecule has 0 bridgehead atoms.